The minimum atomic E-state index is -0.449. The fraction of sp³-hybridized carbons (Fsp3) is 0.300. The summed E-state index contributed by atoms with van der Waals surface area (Å²) in [4.78, 5) is 11.2. The SMILES string of the molecule is NNC(=O)C1CCc2ccccc2O1. The topological polar surface area (TPSA) is 64.3 Å². The van der Waals surface area contributed by atoms with Crippen LogP contribution >= 0.6 is 0 Å². The van der Waals surface area contributed by atoms with Crippen LogP contribution in [0, 0.1) is 0 Å². The molecule has 74 valence electrons. The van der Waals surface area contributed by atoms with Crippen LogP contribution in [-0.4, -0.2) is 12.0 Å². The van der Waals surface area contributed by atoms with Gasteiger partial charge in [0, 0.05) is 0 Å². The zero-order chi connectivity index (χ0) is 9.97. The maximum Gasteiger partial charge on any atom is 0.274 e. The van der Waals surface area contributed by atoms with Crippen molar-refractivity contribution in [2.24, 2.45) is 5.84 Å². The van der Waals surface area contributed by atoms with Gasteiger partial charge in [-0.25, -0.2) is 5.84 Å². The number of para-hydroxylation sites is 1. The minimum absolute atomic E-state index is 0.264. The summed E-state index contributed by atoms with van der Waals surface area (Å²) in [5.74, 6) is 5.56. The standard InChI is InChI=1S/C10H12N2O2/c11-12-10(13)9-6-5-7-3-1-2-4-8(7)14-9/h1-4,9H,5-6,11H2,(H,12,13). The van der Waals surface area contributed by atoms with Crippen molar-refractivity contribution in [1.29, 1.82) is 0 Å². The summed E-state index contributed by atoms with van der Waals surface area (Å²) in [5.41, 5.74) is 3.25. The van der Waals surface area contributed by atoms with Gasteiger partial charge in [-0.15, -0.1) is 0 Å². The van der Waals surface area contributed by atoms with Crippen molar-refractivity contribution >= 4 is 5.91 Å². The van der Waals surface area contributed by atoms with Gasteiger partial charge in [-0.05, 0) is 24.5 Å². The van der Waals surface area contributed by atoms with E-state index in [1.54, 1.807) is 0 Å². The van der Waals surface area contributed by atoms with Crippen molar-refractivity contribution in [2.75, 3.05) is 0 Å². The third kappa shape index (κ3) is 1.56. The highest BCUT2D eigenvalue weighted by atomic mass is 16.5. The van der Waals surface area contributed by atoms with Crippen LogP contribution in [0.25, 0.3) is 0 Å². The van der Waals surface area contributed by atoms with Crippen LogP contribution in [0.4, 0.5) is 0 Å². The van der Waals surface area contributed by atoms with Gasteiger partial charge in [0.15, 0.2) is 6.10 Å². The first-order valence-electron chi connectivity index (χ1n) is 4.56. The van der Waals surface area contributed by atoms with Crippen LogP contribution in [-0.2, 0) is 11.2 Å². The van der Waals surface area contributed by atoms with Gasteiger partial charge in [0.2, 0.25) is 0 Å². The molecule has 0 bridgehead atoms. The van der Waals surface area contributed by atoms with Crippen molar-refractivity contribution in [2.45, 2.75) is 18.9 Å². The van der Waals surface area contributed by atoms with E-state index in [0.717, 1.165) is 17.7 Å². The number of amides is 1. The van der Waals surface area contributed by atoms with Gasteiger partial charge in [-0.1, -0.05) is 18.2 Å². The Labute approximate surface area is 82.0 Å². The lowest BCUT2D eigenvalue weighted by molar-refractivity contribution is -0.128. The predicted octanol–water partition coefficient (Wildman–Crippen LogP) is 0.370. The number of hydrogen-bond acceptors (Lipinski definition) is 3. The number of carbonyl (C=O) groups is 1. The number of ether oxygens (including phenoxy) is 1. The fourth-order valence-corrected chi connectivity index (χ4v) is 1.60. The molecule has 1 aromatic rings. The van der Waals surface area contributed by atoms with E-state index in [-0.39, 0.29) is 5.91 Å². The van der Waals surface area contributed by atoms with E-state index >= 15 is 0 Å². The van der Waals surface area contributed by atoms with Crippen LogP contribution < -0.4 is 16.0 Å². The molecule has 2 rings (SSSR count). The Balaban J connectivity index is 2.17. The lowest BCUT2D eigenvalue weighted by Crippen LogP contribution is -2.43. The van der Waals surface area contributed by atoms with E-state index in [2.05, 4.69) is 5.43 Å². The molecule has 1 amide bonds. The summed E-state index contributed by atoms with van der Waals surface area (Å²) in [6, 6.07) is 7.73. The molecule has 0 aromatic heterocycles. The summed E-state index contributed by atoms with van der Waals surface area (Å²) in [7, 11) is 0. The molecule has 0 aliphatic carbocycles. The zero-order valence-corrected chi connectivity index (χ0v) is 7.69. The second-order valence-electron chi connectivity index (χ2n) is 3.26. The Morgan fingerprint density at radius 1 is 1.50 bits per heavy atom. The number of carbonyl (C=O) groups excluding carboxylic acids is 1. The number of nitrogens with two attached hydrogens (primary N) is 1. The summed E-state index contributed by atoms with van der Waals surface area (Å²) in [6.45, 7) is 0. The third-order valence-corrected chi connectivity index (χ3v) is 2.35. The summed E-state index contributed by atoms with van der Waals surface area (Å²) < 4.78 is 5.49. The molecule has 0 saturated carbocycles. The summed E-state index contributed by atoms with van der Waals surface area (Å²) in [5, 5.41) is 0. The lowest BCUT2D eigenvalue weighted by atomic mass is 10.0. The molecule has 14 heavy (non-hydrogen) atoms. The Morgan fingerprint density at radius 3 is 3.07 bits per heavy atom. The van der Waals surface area contributed by atoms with Crippen LogP contribution in [0.5, 0.6) is 5.75 Å². The van der Waals surface area contributed by atoms with Crippen molar-refractivity contribution in [3.05, 3.63) is 29.8 Å². The highest BCUT2D eigenvalue weighted by Gasteiger charge is 2.24. The second kappa shape index (κ2) is 3.67. The van der Waals surface area contributed by atoms with Gasteiger partial charge < -0.3 is 4.74 Å². The fourth-order valence-electron chi connectivity index (χ4n) is 1.60. The number of hydrogen-bond donors (Lipinski definition) is 2. The Kier molecular flexibility index (Phi) is 2.37. The molecule has 4 nitrogen and oxygen atoms in total. The van der Waals surface area contributed by atoms with Gasteiger partial charge in [0.05, 0.1) is 0 Å². The minimum Gasteiger partial charge on any atom is -0.480 e. The van der Waals surface area contributed by atoms with Crippen LogP contribution in [0.2, 0.25) is 0 Å². The molecule has 1 heterocycles. The monoisotopic (exact) mass is 192 g/mol. The second-order valence-corrected chi connectivity index (χ2v) is 3.26. The van der Waals surface area contributed by atoms with Gasteiger partial charge in [0.1, 0.15) is 5.75 Å². The van der Waals surface area contributed by atoms with Crippen LogP contribution in [0.3, 0.4) is 0 Å². The number of fused-ring (bicyclic) bond motifs is 1. The average molecular weight is 192 g/mol. The molecular weight excluding hydrogens is 180 g/mol. The van der Waals surface area contributed by atoms with Crippen molar-refractivity contribution in [1.82, 2.24) is 5.43 Å². The molecule has 1 unspecified atom stereocenters. The van der Waals surface area contributed by atoms with E-state index in [9.17, 15) is 4.79 Å². The molecule has 1 aliphatic rings. The van der Waals surface area contributed by atoms with E-state index in [1.165, 1.54) is 0 Å². The van der Waals surface area contributed by atoms with E-state index in [1.807, 2.05) is 24.3 Å². The summed E-state index contributed by atoms with van der Waals surface area (Å²) >= 11 is 0. The molecule has 0 fully saturated rings. The van der Waals surface area contributed by atoms with E-state index < -0.39 is 6.10 Å². The first-order chi connectivity index (χ1) is 6.81. The molecule has 1 aromatic carbocycles. The average Bonchev–Trinajstić information content (AvgIpc) is 2.27. The van der Waals surface area contributed by atoms with E-state index in [0.29, 0.717) is 6.42 Å². The first kappa shape index (κ1) is 9.02. The predicted molar refractivity (Wildman–Crippen MR) is 51.5 cm³/mol. The maximum absolute atomic E-state index is 11.2. The number of hydrazine groups is 1. The highest BCUT2D eigenvalue weighted by molar-refractivity contribution is 5.80. The molecule has 0 radical (unpaired) electrons. The molecular formula is C10H12N2O2. The van der Waals surface area contributed by atoms with Crippen molar-refractivity contribution in [3.63, 3.8) is 0 Å². The van der Waals surface area contributed by atoms with Gasteiger partial charge >= 0.3 is 0 Å². The molecule has 1 atom stereocenters. The van der Waals surface area contributed by atoms with Crippen molar-refractivity contribution < 1.29 is 9.53 Å². The molecule has 3 N–H and O–H groups in total. The summed E-state index contributed by atoms with van der Waals surface area (Å²) in [6.07, 6.45) is 1.09. The lowest BCUT2D eigenvalue weighted by Gasteiger charge is -2.24. The van der Waals surface area contributed by atoms with Crippen molar-refractivity contribution in [3.8, 4) is 5.75 Å². The highest BCUT2D eigenvalue weighted by Crippen LogP contribution is 2.26. The maximum atomic E-state index is 11.2. The zero-order valence-electron chi connectivity index (χ0n) is 7.69. The number of aryl methyl sites for hydroxylation is 1. The molecule has 0 spiro atoms. The quantitative estimate of drug-likeness (QED) is 0.384. The Morgan fingerprint density at radius 2 is 2.29 bits per heavy atom. The molecule has 4 heteroatoms. The van der Waals surface area contributed by atoms with Gasteiger partial charge in [-0.3, -0.25) is 10.2 Å². The molecule has 0 saturated heterocycles. The normalized spacial score (nSPS) is 19.4. The van der Waals surface area contributed by atoms with Gasteiger partial charge in [-0.2, -0.15) is 0 Å². The Hall–Kier alpha value is -1.55. The smallest absolute Gasteiger partial charge is 0.274 e. The number of rotatable bonds is 1. The van der Waals surface area contributed by atoms with E-state index in [4.69, 9.17) is 10.6 Å². The Bertz CT molecular complexity index is 352. The van der Waals surface area contributed by atoms with Crippen LogP contribution in [0.1, 0.15) is 12.0 Å². The molecule has 1 aliphatic heterocycles. The van der Waals surface area contributed by atoms with Crippen LogP contribution in [0.15, 0.2) is 24.3 Å². The number of benzene rings is 1. The van der Waals surface area contributed by atoms with Gasteiger partial charge in [0.25, 0.3) is 5.91 Å². The largest absolute Gasteiger partial charge is 0.480 e. The number of nitrogens with one attached hydrogen (secondary N) is 1. The third-order valence-electron chi connectivity index (χ3n) is 2.35. The first-order valence-corrected chi connectivity index (χ1v) is 4.56.